The minimum atomic E-state index is -3.88. The Morgan fingerprint density at radius 1 is 1.32 bits per heavy atom. The van der Waals surface area contributed by atoms with Gasteiger partial charge in [0, 0.05) is 7.05 Å². The van der Waals surface area contributed by atoms with Gasteiger partial charge in [0.1, 0.15) is 5.82 Å². The summed E-state index contributed by atoms with van der Waals surface area (Å²) >= 11 is 0. The topological polar surface area (TPSA) is 77.4 Å². The largest absolute Gasteiger partial charge is 0.461 e. The van der Waals surface area contributed by atoms with Crippen molar-refractivity contribution in [3.8, 4) is 0 Å². The molecule has 0 spiro atoms. The first-order valence-electron chi connectivity index (χ1n) is 7.82. The lowest BCUT2D eigenvalue weighted by Crippen LogP contribution is -2.20. The van der Waals surface area contributed by atoms with Crippen LogP contribution in [0.3, 0.4) is 0 Å². The number of fused-ring (bicyclic) bond motifs is 1. The Morgan fingerprint density at radius 2 is 2.04 bits per heavy atom. The number of sulfonamides is 1. The van der Waals surface area contributed by atoms with Gasteiger partial charge in [0.05, 0.1) is 35.6 Å². The number of esters is 1. The number of nitrogens with zero attached hydrogens (tertiary/aromatic N) is 1. The molecule has 0 fully saturated rings. The van der Waals surface area contributed by atoms with E-state index < -0.39 is 28.5 Å². The van der Waals surface area contributed by atoms with Crippen LogP contribution in [0.1, 0.15) is 30.3 Å². The number of unbranched alkanes of at least 4 members (excludes halogenated alkanes) is 1. The van der Waals surface area contributed by atoms with Crippen molar-refractivity contribution in [2.45, 2.75) is 19.8 Å². The Kier molecular flexibility index (Phi) is 5.99. The molecule has 0 bridgehead atoms. The van der Waals surface area contributed by atoms with Gasteiger partial charge in [-0.1, -0.05) is 6.07 Å². The lowest BCUT2D eigenvalue weighted by Gasteiger charge is -2.10. The molecular formula is C16H20F2N2O4S. The van der Waals surface area contributed by atoms with Crippen LogP contribution in [0.25, 0.3) is 10.9 Å². The first-order valence-corrected chi connectivity index (χ1v) is 9.48. The van der Waals surface area contributed by atoms with Crippen molar-refractivity contribution < 1.29 is 26.7 Å². The highest BCUT2D eigenvalue weighted by Crippen LogP contribution is 2.33. The van der Waals surface area contributed by atoms with Gasteiger partial charge in [0.25, 0.3) is 0 Å². The summed E-state index contributed by atoms with van der Waals surface area (Å²) in [5.41, 5.74) is 0.106. The van der Waals surface area contributed by atoms with Gasteiger partial charge in [0.2, 0.25) is 10.0 Å². The van der Waals surface area contributed by atoms with Crippen LogP contribution in [0.15, 0.2) is 18.2 Å². The monoisotopic (exact) mass is 374 g/mol. The summed E-state index contributed by atoms with van der Waals surface area (Å²) in [7, 11) is -2.35. The Labute approximate surface area is 144 Å². The molecule has 0 aliphatic carbocycles. The first kappa shape index (κ1) is 19.2. The minimum absolute atomic E-state index is 0.0119. The predicted octanol–water partition coefficient (Wildman–Crippen LogP) is 2.99. The van der Waals surface area contributed by atoms with E-state index >= 15 is 0 Å². The first-order chi connectivity index (χ1) is 11.8. The zero-order chi connectivity index (χ0) is 18.6. The number of halogens is 2. The van der Waals surface area contributed by atoms with Gasteiger partial charge in [-0.3, -0.25) is 9.11 Å². The molecule has 0 atom stereocenters. The molecule has 138 valence electrons. The minimum Gasteiger partial charge on any atom is -0.461 e. The zero-order valence-electron chi connectivity index (χ0n) is 14.0. The molecule has 2 rings (SSSR count). The number of carbonyl (C=O) groups excluding carboxylic acids is 1. The Balaban J connectivity index is 2.56. The molecule has 25 heavy (non-hydrogen) atoms. The molecule has 1 N–H and O–H groups in total. The highest BCUT2D eigenvalue weighted by atomic mass is 32.2. The van der Waals surface area contributed by atoms with Crippen molar-refractivity contribution in [2.24, 2.45) is 7.05 Å². The second-order valence-electron chi connectivity index (χ2n) is 5.45. The molecule has 0 radical (unpaired) electrons. The lowest BCUT2D eigenvalue weighted by atomic mass is 10.2. The van der Waals surface area contributed by atoms with Crippen molar-refractivity contribution in [1.82, 2.24) is 4.57 Å². The van der Waals surface area contributed by atoms with Gasteiger partial charge in [-0.25, -0.2) is 17.6 Å². The van der Waals surface area contributed by atoms with Crippen molar-refractivity contribution in [3.05, 3.63) is 29.7 Å². The number of alkyl halides is 1. The number of hydrogen-bond acceptors (Lipinski definition) is 4. The molecule has 2 aromatic rings. The van der Waals surface area contributed by atoms with Gasteiger partial charge < -0.3 is 9.30 Å². The van der Waals surface area contributed by atoms with Crippen molar-refractivity contribution in [2.75, 3.05) is 23.8 Å². The number of rotatable bonds is 8. The second kappa shape index (κ2) is 7.81. The van der Waals surface area contributed by atoms with Crippen LogP contribution in [0.5, 0.6) is 0 Å². The molecule has 1 heterocycles. The Morgan fingerprint density at radius 3 is 2.68 bits per heavy atom. The van der Waals surface area contributed by atoms with E-state index in [4.69, 9.17) is 4.74 Å². The van der Waals surface area contributed by atoms with Crippen LogP contribution in [-0.2, 0) is 21.8 Å². The molecule has 0 aliphatic rings. The maximum atomic E-state index is 14.3. The van der Waals surface area contributed by atoms with Crippen LogP contribution in [0.4, 0.5) is 14.5 Å². The summed E-state index contributed by atoms with van der Waals surface area (Å²) in [4.78, 5) is 12.3. The fourth-order valence-corrected chi connectivity index (χ4v) is 3.77. The van der Waals surface area contributed by atoms with E-state index in [2.05, 4.69) is 4.72 Å². The Hall–Kier alpha value is -2.16. The molecular weight excluding hydrogens is 354 g/mol. The predicted molar refractivity (Wildman–Crippen MR) is 91.5 cm³/mol. The van der Waals surface area contributed by atoms with Gasteiger partial charge in [-0.15, -0.1) is 0 Å². The fourth-order valence-electron chi connectivity index (χ4n) is 2.58. The maximum Gasteiger partial charge on any atom is 0.357 e. The van der Waals surface area contributed by atoms with Gasteiger partial charge in [-0.05, 0) is 31.9 Å². The van der Waals surface area contributed by atoms with Gasteiger partial charge >= 0.3 is 5.97 Å². The molecule has 6 nitrogen and oxygen atoms in total. The van der Waals surface area contributed by atoms with Crippen LogP contribution >= 0.6 is 0 Å². The summed E-state index contributed by atoms with van der Waals surface area (Å²) < 4.78 is 59.6. The standard InChI is InChI=1S/C16H20F2N2O4S/c1-3-24-16(21)15-14(19-25(22,23)10-5-4-9-17)13-11(18)7-6-8-12(13)20(15)2/h6-8,19H,3-5,9-10H2,1-2H3. The molecule has 1 aromatic carbocycles. The van der Waals surface area contributed by atoms with E-state index in [1.165, 1.54) is 23.7 Å². The number of carbonyl (C=O) groups is 1. The van der Waals surface area contributed by atoms with E-state index in [0.717, 1.165) is 0 Å². The van der Waals surface area contributed by atoms with Gasteiger partial charge in [-0.2, -0.15) is 0 Å². The third-order valence-corrected chi connectivity index (χ3v) is 5.04. The normalized spacial score (nSPS) is 11.7. The van der Waals surface area contributed by atoms with E-state index in [1.807, 2.05) is 0 Å². The number of anilines is 1. The van der Waals surface area contributed by atoms with Crippen LogP contribution < -0.4 is 4.72 Å². The highest BCUT2D eigenvalue weighted by Gasteiger charge is 2.27. The Bertz CT molecular complexity index is 878. The van der Waals surface area contributed by atoms with E-state index in [9.17, 15) is 22.0 Å². The number of aryl methyl sites for hydroxylation is 1. The van der Waals surface area contributed by atoms with Crippen molar-refractivity contribution in [3.63, 3.8) is 0 Å². The van der Waals surface area contributed by atoms with E-state index in [-0.39, 0.29) is 42.0 Å². The van der Waals surface area contributed by atoms with E-state index in [0.29, 0.717) is 5.52 Å². The van der Waals surface area contributed by atoms with Gasteiger partial charge in [0.15, 0.2) is 5.69 Å². The quantitative estimate of drug-likeness (QED) is 0.569. The molecule has 1 aromatic heterocycles. The number of aromatic nitrogens is 1. The summed E-state index contributed by atoms with van der Waals surface area (Å²) in [6.45, 7) is 1.08. The number of hydrogen-bond donors (Lipinski definition) is 1. The smallest absolute Gasteiger partial charge is 0.357 e. The summed E-state index contributed by atoms with van der Waals surface area (Å²) in [6, 6.07) is 4.21. The van der Waals surface area contributed by atoms with Crippen molar-refractivity contribution in [1.29, 1.82) is 0 Å². The maximum absolute atomic E-state index is 14.3. The second-order valence-corrected chi connectivity index (χ2v) is 7.30. The number of ether oxygens (including phenoxy) is 1. The molecule has 0 saturated carbocycles. The van der Waals surface area contributed by atoms with Crippen LogP contribution in [-0.4, -0.2) is 38.0 Å². The summed E-state index contributed by atoms with van der Waals surface area (Å²) in [5, 5.41) is -0.0119. The highest BCUT2D eigenvalue weighted by molar-refractivity contribution is 7.92. The summed E-state index contributed by atoms with van der Waals surface area (Å²) in [5.74, 6) is -1.75. The zero-order valence-corrected chi connectivity index (χ0v) is 14.8. The van der Waals surface area contributed by atoms with Crippen molar-refractivity contribution >= 4 is 32.6 Å². The number of nitrogens with one attached hydrogen (secondary N) is 1. The third-order valence-electron chi connectivity index (χ3n) is 3.70. The van der Waals surface area contributed by atoms with Crippen LogP contribution in [0, 0.1) is 5.82 Å². The third kappa shape index (κ3) is 4.09. The molecule has 0 amide bonds. The molecule has 0 unspecified atom stereocenters. The van der Waals surface area contributed by atoms with Crippen LogP contribution in [0.2, 0.25) is 0 Å². The molecule has 9 heteroatoms. The lowest BCUT2D eigenvalue weighted by molar-refractivity contribution is 0.0517. The van der Waals surface area contributed by atoms with E-state index in [1.54, 1.807) is 13.0 Å². The average Bonchev–Trinajstić information content (AvgIpc) is 2.81. The number of benzene rings is 1. The molecule has 0 aliphatic heterocycles. The molecule has 0 saturated heterocycles. The average molecular weight is 374 g/mol. The SMILES string of the molecule is CCOC(=O)c1c(NS(=O)(=O)CCCCF)c2c(F)cccc2n1C. The fraction of sp³-hybridized carbons (Fsp3) is 0.438. The summed E-state index contributed by atoms with van der Waals surface area (Å²) in [6.07, 6.45) is 0.226.